The lowest BCUT2D eigenvalue weighted by atomic mass is 9.72. The quantitative estimate of drug-likeness (QED) is 0.859. The van der Waals surface area contributed by atoms with E-state index in [4.69, 9.17) is 5.73 Å². The molecule has 1 saturated heterocycles. The Morgan fingerprint density at radius 1 is 1.20 bits per heavy atom. The zero-order valence-electron chi connectivity index (χ0n) is 12.4. The monoisotopic (exact) mass is 292 g/mol. The van der Waals surface area contributed by atoms with Crippen LogP contribution >= 0.6 is 0 Å². The smallest absolute Gasteiger partial charge is 0.329 e. The van der Waals surface area contributed by atoms with Gasteiger partial charge in [0.05, 0.1) is 5.92 Å². The van der Waals surface area contributed by atoms with Crippen molar-refractivity contribution in [2.45, 2.75) is 76.0 Å². The molecule has 1 aliphatic heterocycles. The third-order valence-corrected chi connectivity index (χ3v) is 5.37. The fraction of sp³-hybridized carbons (Fsp3) is 1.00. The fourth-order valence-electron chi connectivity index (χ4n) is 4.23. The predicted octanol–water partition coefficient (Wildman–Crippen LogP) is 3.70. The zero-order chi connectivity index (χ0) is 14.8. The van der Waals surface area contributed by atoms with Crippen molar-refractivity contribution in [1.29, 1.82) is 0 Å². The summed E-state index contributed by atoms with van der Waals surface area (Å²) in [6.45, 7) is 3.41. The van der Waals surface area contributed by atoms with Crippen LogP contribution in [0.4, 0.5) is 13.2 Å². The molecule has 0 aromatic heterocycles. The molecule has 0 radical (unpaired) electrons. The minimum atomic E-state index is -4.07. The largest absolute Gasteiger partial charge is 0.391 e. The lowest BCUT2D eigenvalue weighted by Crippen LogP contribution is -2.61. The zero-order valence-corrected chi connectivity index (χ0v) is 12.4. The molecule has 2 nitrogen and oxygen atoms in total. The molecule has 1 saturated carbocycles. The van der Waals surface area contributed by atoms with E-state index in [1.807, 2.05) is 0 Å². The molecule has 2 fully saturated rings. The molecule has 1 aliphatic carbocycles. The van der Waals surface area contributed by atoms with Crippen LogP contribution in [0.15, 0.2) is 0 Å². The number of alkyl halides is 3. The molecule has 3 unspecified atom stereocenters. The lowest BCUT2D eigenvalue weighted by Gasteiger charge is -2.53. The first-order chi connectivity index (χ1) is 9.43. The first-order valence-electron chi connectivity index (χ1n) is 7.96. The Labute approximate surface area is 119 Å². The molecule has 0 bridgehead atoms. The van der Waals surface area contributed by atoms with Gasteiger partial charge in [0.1, 0.15) is 0 Å². The molecule has 20 heavy (non-hydrogen) atoms. The van der Waals surface area contributed by atoms with E-state index in [0.717, 1.165) is 32.2 Å². The average molecular weight is 292 g/mol. The highest BCUT2D eigenvalue weighted by Crippen LogP contribution is 2.45. The number of nitrogens with two attached hydrogens (primary N) is 1. The summed E-state index contributed by atoms with van der Waals surface area (Å²) in [5, 5.41) is 0. The maximum absolute atomic E-state index is 13.1. The number of rotatable bonds is 3. The summed E-state index contributed by atoms with van der Waals surface area (Å²) in [6.07, 6.45) is 2.28. The van der Waals surface area contributed by atoms with Crippen LogP contribution in [0.5, 0.6) is 0 Å². The van der Waals surface area contributed by atoms with Gasteiger partial charge in [0.25, 0.3) is 0 Å². The number of nitrogens with zero attached hydrogens (tertiary/aromatic N) is 1. The highest BCUT2D eigenvalue weighted by Gasteiger charge is 2.50. The second-order valence-corrected chi connectivity index (χ2v) is 6.51. The van der Waals surface area contributed by atoms with E-state index in [-0.39, 0.29) is 12.8 Å². The summed E-state index contributed by atoms with van der Waals surface area (Å²) < 4.78 is 39.3. The third-order valence-electron chi connectivity index (χ3n) is 5.37. The minimum Gasteiger partial charge on any atom is -0.329 e. The normalized spacial score (nSPS) is 37.0. The van der Waals surface area contributed by atoms with Gasteiger partial charge in [-0.25, -0.2) is 0 Å². The van der Waals surface area contributed by atoms with Gasteiger partial charge in [-0.05, 0) is 45.1 Å². The van der Waals surface area contributed by atoms with Gasteiger partial charge >= 0.3 is 6.18 Å². The highest BCUT2D eigenvalue weighted by atomic mass is 19.4. The van der Waals surface area contributed by atoms with Crippen molar-refractivity contribution >= 4 is 0 Å². The molecule has 0 aromatic carbocycles. The van der Waals surface area contributed by atoms with Crippen LogP contribution in [0.3, 0.4) is 0 Å². The fourth-order valence-corrected chi connectivity index (χ4v) is 4.23. The molecule has 2 aliphatic rings. The average Bonchev–Trinajstić information content (AvgIpc) is 2.46. The van der Waals surface area contributed by atoms with E-state index < -0.39 is 17.6 Å². The van der Waals surface area contributed by atoms with Crippen molar-refractivity contribution in [3.63, 3.8) is 0 Å². The van der Waals surface area contributed by atoms with E-state index >= 15 is 0 Å². The second kappa shape index (κ2) is 6.22. The molecule has 0 amide bonds. The molecular formula is C15H27F3N2. The molecule has 1 heterocycles. The van der Waals surface area contributed by atoms with Gasteiger partial charge in [-0.2, -0.15) is 13.2 Å². The van der Waals surface area contributed by atoms with Crippen LogP contribution < -0.4 is 5.73 Å². The number of likely N-dealkylation sites (tertiary alicyclic amines) is 1. The highest BCUT2D eigenvalue weighted by molar-refractivity contribution is 5.01. The van der Waals surface area contributed by atoms with Crippen molar-refractivity contribution in [2.75, 3.05) is 13.1 Å². The molecular weight excluding hydrogens is 265 g/mol. The van der Waals surface area contributed by atoms with Crippen LogP contribution in [0.2, 0.25) is 0 Å². The van der Waals surface area contributed by atoms with E-state index in [1.165, 1.54) is 6.42 Å². The Bertz CT molecular complexity index is 319. The Morgan fingerprint density at radius 3 is 2.55 bits per heavy atom. The Morgan fingerprint density at radius 2 is 1.95 bits per heavy atom. The van der Waals surface area contributed by atoms with Gasteiger partial charge in [-0.15, -0.1) is 0 Å². The van der Waals surface area contributed by atoms with Crippen LogP contribution in [0.25, 0.3) is 0 Å². The predicted molar refractivity (Wildman–Crippen MR) is 74.4 cm³/mol. The van der Waals surface area contributed by atoms with E-state index in [9.17, 15) is 13.2 Å². The van der Waals surface area contributed by atoms with Gasteiger partial charge in [0, 0.05) is 18.1 Å². The van der Waals surface area contributed by atoms with Crippen LogP contribution in [-0.4, -0.2) is 35.7 Å². The molecule has 3 atom stereocenters. The van der Waals surface area contributed by atoms with Gasteiger partial charge < -0.3 is 5.73 Å². The second-order valence-electron chi connectivity index (χ2n) is 6.51. The molecule has 0 aromatic rings. The van der Waals surface area contributed by atoms with Gasteiger partial charge in [-0.1, -0.05) is 19.8 Å². The number of hydrogen-bond donors (Lipinski definition) is 1. The molecule has 5 heteroatoms. The third kappa shape index (κ3) is 3.14. The van der Waals surface area contributed by atoms with Gasteiger partial charge in [0.15, 0.2) is 0 Å². The lowest BCUT2D eigenvalue weighted by molar-refractivity contribution is -0.196. The summed E-state index contributed by atoms with van der Waals surface area (Å²) in [7, 11) is 0. The van der Waals surface area contributed by atoms with Crippen LogP contribution in [0, 0.1) is 5.92 Å². The van der Waals surface area contributed by atoms with E-state index in [1.54, 1.807) is 0 Å². The first kappa shape index (κ1) is 16.1. The molecule has 2 N–H and O–H groups in total. The summed E-state index contributed by atoms with van der Waals surface area (Å²) >= 11 is 0. The van der Waals surface area contributed by atoms with Crippen molar-refractivity contribution in [3.05, 3.63) is 0 Å². The Hall–Kier alpha value is -0.290. The summed E-state index contributed by atoms with van der Waals surface area (Å²) in [4.78, 5) is 2.34. The molecule has 2 rings (SSSR count). The van der Waals surface area contributed by atoms with Crippen LogP contribution in [-0.2, 0) is 0 Å². The number of halogens is 3. The van der Waals surface area contributed by atoms with E-state index in [2.05, 4.69) is 11.8 Å². The summed E-state index contributed by atoms with van der Waals surface area (Å²) in [6, 6.07) is 0.416. The Kier molecular flexibility index (Phi) is 5.00. The summed E-state index contributed by atoms with van der Waals surface area (Å²) in [5.41, 5.74) is 5.57. The maximum atomic E-state index is 13.1. The minimum absolute atomic E-state index is 0.198. The van der Waals surface area contributed by atoms with Gasteiger partial charge in [-0.3, -0.25) is 4.90 Å². The maximum Gasteiger partial charge on any atom is 0.391 e. The number of hydrogen-bond acceptors (Lipinski definition) is 2. The molecule has 118 valence electrons. The first-order valence-corrected chi connectivity index (χ1v) is 7.96. The van der Waals surface area contributed by atoms with Crippen molar-refractivity contribution in [2.24, 2.45) is 11.7 Å². The molecule has 0 spiro atoms. The van der Waals surface area contributed by atoms with Crippen molar-refractivity contribution in [1.82, 2.24) is 4.90 Å². The topological polar surface area (TPSA) is 29.3 Å². The SMILES string of the molecule is CCC1CCCCN1C1(CN)CCCC(C(F)(F)F)C1. The van der Waals surface area contributed by atoms with Crippen LogP contribution in [0.1, 0.15) is 58.3 Å². The summed E-state index contributed by atoms with van der Waals surface area (Å²) in [5.74, 6) is -1.17. The van der Waals surface area contributed by atoms with Crippen molar-refractivity contribution < 1.29 is 13.2 Å². The van der Waals surface area contributed by atoms with Crippen molar-refractivity contribution in [3.8, 4) is 0 Å². The van der Waals surface area contributed by atoms with E-state index in [0.29, 0.717) is 19.0 Å². The Balaban J connectivity index is 2.19. The standard InChI is InChI=1S/C15H27F3N2/c1-2-13-7-3-4-9-20(13)14(11-19)8-5-6-12(10-14)15(16,17)18/h12-13H,2-11,19H2,1H3. The van der Waals surface area contributed by atoms with Gasteiger partial charge in [0.2, 0.25) is 0 Å². The number of piperidine rings is 1.